The molecule has 2 rings (SSSR count). The maximum absolute atomic E-state index is 12.1. The SMILES string of the molecule is COc1cccc(O[C@H](C)C(=O)N2CCCC2)c1. The number of carbonyl (C=O) groups is 1. The number of hydrogen-bond acceptors (Lipinski definition) is 3. The van der Waals surface area contributed by atoms with Crippen LogP contribution in [-0.2, 0) is 4.79 Å². The van der Waals surface area contributed by atoms with Crippen LogP contribution in [0.2, 0.25) is 0 Å². The number of benzene rings is 1. The Morgan fingerprint density at radius 3 is 2.61 bits per heavy atom. The van der Waals surface area contributed by atoms with E-state index < -0.39 is 6.10 Å². The molecule has 1 aromatic carbocycles. The van der Waals surface area contributed by atoms with E-state index in [0.717, 1.165) is 31.7 Å². The monoisotopic (exact) mass is 249 g/mol. The fourth-order valence-electron chi connectivity index (χ4n) is 2.12. The van der Waals surface area contributed by atoms with Gasteiger partial charge in [-0.3, -0.25) is 4.79 Å². The Labute approximate surface area is 107 Å². The Bertz CT molecular complexity index is 413. The molecule has 18 heavy (non-hydrogen) atoms. The molecule has 0 N–H and O–H groups in total. The summed E-state index contributed by atoms with van der Waals surface area (Å²) in [5.74, 6) is 1.46. The van der Waals surface area contributed by atoms with Crippen LogP contribution in [0.5, 0.6) is 11.5 Å². The van der Waals surface area contributed by atoms with Gasteiger partial charge in [0.15, 0.2) is 6.10 Å². The van der Waals surface area contributed by atoms with Crippen molar-refractivity contribution in [2.45, 2.75) is 25.9 Å². The first-order valence-corrected chi connectivity index (χ1v) is 6.30. The van der Waals surface area contributed by atoms with Gasteiger partial charge in [-0.05, 0) is 31.9 Å². The Kier molecular flexibility index (Phi) is 4.07. The largest absolute Gasteiger partial charge is 0.497 e. The molecular weight excluding hydrogens is 230 g/mol. The van der Waals surface area contributed by atoms with Crippen molar-refractivity contribution >= 4 is 5.91 Å². The van der Waals surface area contributed by atoms with Crippen LogP contribution in [0.15, 0.2) is 24.3 Å². The van der Waals surface area contributed by atoms with Crippen LogP contribution in [-0.4, -0.2) is 37.1 Å². The number of hydrogen-bond donors (Lipinski definition) is 0. The molecule has 1 aliphatic heterocycles. The van der Waals surface area contributed by atoms with Crippen LogP contribution in [0, 0.1) is 0 Å². The lowest BCUT2D eigenvalue weighted by molar-refractivity contribution is -0.136. The minimum atomic E-state index is -0.449. The van der Waals surface area contributed by atoms with E-state index in [4.69, 9.17) is 9.47 Å². The number of amides is 1. The molecule has 1 saturated heterocycles. The van der Waals surface area contributed by atoms with Crippen molar-refractivity contribution < 1.29 is 14.3 Å². The van der Waals surface area contributed by atoms with Crippen LogP contribution >= 0.6 is 0 Å². The molecule has 1 fully saturated rings. The van der Waals surface area contributed by atoms with Crippen LogP contribution in [0.1, 0.15) is 19.8 Å². The standard InChI is InChI=1S/C14H19NO3/c1-11(14(16)15-8-3-4-9-15)18-13-7-5-6-12(10-13)17-2/h5-7,10-11H,3-4,8-9H2,1-2H3/t11-/m1/s1. The third kappa shape index (κ3) is 2.94. The molecule has 4 nitrogen and oxygen atoms in total. The van der Waals surface area contributed by atoms with Gasteiger partial charge >= 0.3 is 0 Å². The van der Waals surface area contributed by atoms with Gasteiger partial charge in [0.05, 0.1) is 7.11 Å². The molecule has 0 saturated carbocycles. The van der Waals surface area contributed by atoms with E-state index in [0.29, 0.717) is 5.75 Å². The molecule has 0 radical (unpaired) electrons. The highest BCUT2D eigenvalue weighted by atomic mass is 16.5. The van der Waals surface area contributed by atoms with E-state index in [9.17, 15) is 4.79 Å². The first-order valence-electron chi connectivity index (χ1n) is 6.30. The second-order valence-electron chi connectivity index (χ2n) is 4.47. The van der Waals surface area contributed by atoms with E-state index in [2.05, 4.69) is 0 Å². The van der Waals surface area contributed by atoms with E-state index >= 15 is 0 Å². The van der Waals surface area contributed by atoms with Crippen LogP contribution in [0.25, 0.3) is 0 Å². The Morgan fingerprint density at radius 2 is 1.94 bits per heavy atom. The third-order valence-corrected chi connectivity index (χ3v) is 3.12. The van der Waals surface area contributed by atoms with E-state index in [1.54, 1.807) is 20.1 Å². The Balaban J connectivity index is 1.97. The van der Waals surface area contributed by atoms with Crippen molar-refractivity contribution in [2.24, 2.45) is 0 Å². The zero-order valence-corrected chi connectivity index (χ0v) is 10.9. The summed E-state index contributed by atoms with van der Waals surface area (Å²) in [7, 11) is 1.61. The lowest BCUT2D eigenvalue weighted by Gasteiger charge is -2.21. The van der Waals surface area contributed by atoms with Crippen molar-refractivity contribution in [3.8, 4) is 11.5 Å². The quantitative estimate of drug-likeness (QED) is 0.820. The molecule has 1 aliphatic rings. The molecule has 4 heteroatoms. The summed E-state index contributed by atoms with van der Waals surface area (Å²) < 4.78 is 10.8. The number of likely N-dealkylation sites (tertiary alicyclic amines) is 1. The van der Waals surface area contributed by atoms with Crippen molar-refractivity contribution in [3.05, 3.63) is 24.3 Å². The molecule has 1 atom stereocenters. The number of rotatable bonds is 4. The van der Waals surface area contributed by atoms with Crippen LogP contribution in [0.3, 0.4) is 0 Å². The summed E-state index contributed by atoms with van der Waals surface area (Å²) in [6, 6.07) is 7.31. The van der Waals surface area contributed by atoms with Gasteiger partial charge in [-0.15, -0.1) is 0 Å². The number of carbonyl (C=O) groups excluding carboxylic acids is 1. The lowest BCUT2D eigenvalue weighted by atomic mass is 10.3. The molecule has 1 amide bonds. The molecule has 1 heterocycles. The molecule has 1 aromatic rings. The molecule has 0 unspecified atom stereocenters. The minimum Gasteiger partial charge on any atom is -0.497 e. The smallest absolute Gasteiger partial charge is 0.263 e. The summed E-state index contributed by atoms with van der Waals surface area (Å²) in [5, 5.41) is 0. The van der Waals surface area contributed by atoms with E-state index in [-0.39, 0.29) is 5.91 Å². The molecule has 0 aromatic heterocycles. The van der Waals surface area contributed by atoms with Gasteiger partial charge < -0.3 is 14.4 Å². The van der Waals surface area contributed by atoms with Crippen molar-refractivity contribution in [2.75, 3.05) is 20.2 Å². The number of methoxy groups -OCH3 is 1. The molecule has 98 valence electrons. The zero-order valence-electron chi connectivity index (χ0n) is 10.9. The predicted octanol–water partition coefficient (Wildman–Crippen LogP) is 2.08. The van der Waals surface area contributed by atoms with Gasteiger partial charge in [0.2, 0.25) is 0 Å². The minimum absolute atomic E-state index is 0.0651. The van der Waals surface area contributed by atoms with E-state index in [1.807, 2.05) is 23.1 Å². The zero-order chi connectivity index (χ0) is 13.0. The van der Waals surface area contributed by atoms with Gasteiger partial charge in [-0.25, -0.2) is 0 Å². The van der Waals surface area contributed by atoms with Crippen molar-refractivity contribution in [1.82, 2.24) is 4.90 Å². The maximum Gasteiger partial charge on any atom is 0.263 e. The van der Waals surface area contributed by atoms with E-state index in [1.165, 1.54) is 0 Å². The first kappa shape index (κ1) is 12.7. The lowest BCUT2D eigenvalue weighted by Crippen LogP contribution is -2.38. The topological polar surface area (TPSA) is 38.8 Å². The van der Waals surface area contributed by atoms with Gasteiger partial charge in [0, 0.05) is 19.2 Å². The van der Waals surface area contributed by atoms with Gasteiger partial charge in [-0.2, -0.15) is 0 Å². The maximum atomic E-state index is 12.1. The molecule has 0 aliphatic carbocycles. The molecular formula is C14H19NO3. The highest BCUT2D eigenvalue weighted by Gasteiger charge is 2.24. The van der Waals surface area contributed by atoms with Gasteiger partial charge in [0.25, 0.3) is 5.91 Å². The summed E-state index contributed by atoms with van der Waals surface area (Å²) in [6.07, 6.45) is 1.74. The van der Waals surface area contributed by atoms with Gasteiger partial charge in [-0.1, -0.05) is 6.07 Å². The average molecular weight is 249 g/mol. The fraction of sp³-hybridized carbons (Fsp3) is 0.500. The average Bonchev–Trinajstić information content (AvgIpc) is 2.92. The van der Waals surface area contributed by atoms with Gasteiger partial charge in [0.1, 0.15) is 11.5 Å². The highest BCUT2D eigenvalue weighted by molar-refractivity contribution is 5.81. The first-order chi connectivity index (χ1) is 8.70. The predicted molar refractivity (Wildman–Crippen MR) is 68.9 cm³/mol. The summed E-state index contributed by atoms with van der Waals surface area (Å²) in [6.45, 7) is 3.50. The van der Waals surface area contributed by atoms with Crippen LogP contribution < -0.4 is 9.47 Å². The second kappa shape index (κ2) is 5.76. The summed E-state index contributed by atoms with van der Waals surface area (Å²) >= 11 is 0. The summed E-state index contributed by atoms with van der Waals surface area (Å²) in [5.41, 5.74) is 0. The number of ether oxygens (including phenoxy) is 2. The molecule has 0 bridgehead atoms. The third-order valence-electron chi connectivity index (χ3n) is 3.12. The Morgan fingerprint density at radius 1 is 1.28 bits per heavy atom. The molecule has 0 spiro atoms. The van der Waals surface area contributed by atoms with Crippen LogP contribution in [0.4, 0.5) is 0 Å². The normalized spacial score (nSPS) is 16.4. The fourth-order valence-corrected chi connectivity index (χ4v) is 2.12. The second-order valence-corrected chi connectivity index (χ2v) is 4.47. The summed E-state index contributed by atoms with van der Waals surface area (Å²) in [4.78, 5) is 13.9. The van der Waals surface area contributed by atoms with Crippen molar-refractivity contribution in [3.63, 3.8) is 0 Å². The highest BCUT2D eigenvalue weighted by Crippen LogP contribution is 2.20. The Hall–Kier alpha value is -1.71. The number of nitrogens with zero attached hydrogens (tertiary/aromatic N) is 1. The van der Waals surface area contributed by atoms with Crippen molar-refractivity contribution in [1.29, 1.82) is 0 Å².